The summed E-state index contributed by atoms with van der Waals surface area (Å²) in [5, 5.41) is 6.28. The number of carbonyl (C=O) groups excluding carboxylic acids is 1. The zero-order valence-electron chi connectivity index (χ0n) is 11.9. The van der Waals surface area contributed by atoms with Gasteiger partial charge in [-0.1, -0.05) is 11.6 Å². The quantitative estimate of drug-likeness (QED) is 0.734. The molecule has 21 heavy (non-hydrogen) atoms. The lowest BCUT2D eigenvalue weighted by Gasteiger charge is -2.20. The van der Waals surface area contributed by atoms with Gasteiger partial charge in [-0.05, 0) is 17.7 Å². The largest absolute Gasteiger partial charge is 0.486 e. The molecule has 0 bridgehead atoms. The van der Waals surface area contributed by atoms with Gasteiger partial charge in [0, 0.05) is 20.2 Å². The maximum atomic E-state index is 11.6. The standard InChI is InChI=1S/C14H19ClN2O4/c1-19-3-2-16-9-13(18)17-8-10-6-11(15)14-12(7-10)20-4-5-21-14/h6-7,16H,2-5,8-9H2,1H3,(H,17,18). The van der Waals surface area contributed by atoms with Crippen molar-refractivity contribution in [3.63, 3.8) is 0 Å². The van der Waals surface area contributed by atoms with Crippen LogP contribution in [0.5, 0.6) is 11.5 Å². The van der Waals surface area contributed by atoms with Crippen molar-refractivity contribution in [1.29, 1.82) is 0 Å². The van der Waals surface area contributed by atoms with Gasteiger partial charge in [-0.25, -0.2) is 0 Å². The van der Waals surface area contributed by atoms with E-state index in [4.69, 9.17) is 25.8 Å². The second-order valence-corrected chi connectivity index (χ2v) is 4.96. The molecule has 2 N–H and O–H groups in total. The van der Waals surface area contributed by atoms with Crippen LogP contribution >= 0.6 is 11.6 Å². The Hall–Kier alpha value is -1.50. The first-order valence-corrected chi connectivity index (χ1v) is 7.13. The number of rotatable bonds is 7. The average Bonchev–Trinajstić information content (AvgIpc) is 2.50. The number of carbonyl (C=O) groups is 1. The van der Waals surface area contributed by atoms with Crippen LogP contribution < -0.4 is 20.1 Å². The topological polar surface area (TPSA) is 68.8 Å². The molecule has 1 aliphatic rings. The van der Waals surface area contributed by atoms with Crippen LogP contribution in [0.4, 0.5) is 0 Å². The van der Waals surface area contributed by atoms with Crippen molar-refractivity contribution in [3.05, 3.63) is 22.7 Å². The Kier molecular flexibility index (Phi) is 6.10. The number of hydrogen-bond acceptors (Lipinski definition) is 5. The lowest BCUT2D eigenvalue weighted by Crippen LogP contribution is -2.34. The smallest absolute Gasteiger partial charge is 0.234 e. The summed E-state index contributed by atoms with van der Waals surface area (Å²) in [6.45, 7) is 2.85. The van der Waals surface area contributed by atoms with Crippen LogP contribution in [0.25, 0.3) is 0 Å². The van der Waals surface area contributed by atoms with E-state index >= 15 is 0 Å². The minimum Gasteiger partial charge on any atom is -0.486 e. The Morgan fingerprint density at radius 2 is 2.19 bits per heavy atom. The molecule has 116 valence electrons. The van der Waals surface area contributed by atoms with Gasteiger partial charge in [0.1, 0.15) is 13.2 Å². The van der Waals surface area contributed by atoms with Crippen molar-refractivity contribution in [3.8, 4) is 11.5 Å². The third-order valence-electron chi connectivity index (χ3n) is 2.91. The molecule has 6 nitrogen and oxygen atoms in total. The summed E-state index contributed by atoms with van der Waals surface area (Å²) < 4.78 is 15.8. The highest BCUT2D eigenvalue weighted by Crippen LogP contribution is 2.38. The molecular weight excluding hydrogens is 296 g/mol. The number of ether oxygens (including phenoxy) is 3. The molecule has 1 aromatic rings. The Balaban J connectivity index is 1.83. The van der Waals surface area contributed by atoms with E-state index in [0.29, 0.717) is 49.4 Å². The highest BCUT2D eigenvalue weighted by Gasteiger charge is 2.16. The molecule has 1 amide bonds. The van der Waals surface area contributed by atoms with Gasteiger partial charge in [-0.15, -0.1) is 0 Å². The summed E-state index contributed by atoms with van der Waals surface area (Å²) in [4.78, 5) is 11.6. The summed E-state index contributed by atoms with van der Waals surface area (Å²) >= 11 is 6.14. The van der Waals surface area contributed by atoms with Gasteiger partial charge >= 0.3 is 0 Å². The zero-order chi connectivity index (χ0) is 15.1. The molecular formula is C14H19ClN2O4. The number of fused-ring (bicyclic) bond motifs is 1. The van der Waals surface area contributed by atoms with Crippen molar-refractivity contribution < 1.29 is 19.0 Å². The molecule has 1 aromatic carbocycles. The van der Waals surface area contributed by atoms with Gasteiger partial charge in [0.25, 0.3) is 0 Å². The minimum atomic E-state index is -0.0860. The van der Waals surface area contributed by atoms with Crippen molar-refractivity contribution in [1.82, 2.24) is 10.6 Å². The van der Waals surface area contributed by atoms with E-state index < -0.39 is 0 Å². The summed E-state index contributed by atoms with van der Waals surface area (Å²) in [7, 11) is 1.62. The first-order chi connectivity index (χ1) is 10.2. The maximum absolute atomic E-state index is 11.6. The summed E-state index contributed by atoms with van der Waals surface area (Å²) in [6.07, 6.45) is 0. The minimum absolute atomic E-state index is 0.0860. The molecule has 0 spiro atoms. The average molecular weight is 315 g/mol. The molecule has 2 rings (SSSR count). The Bertz CT molecular complexity index is 496. The van der Waals surface area contributed by atoms with Crippen molar-refractivity contribution in [2.24, 2.45) is 0 Å². The number of methoxy groups -OCH3 is 1. The predicted molar refractivity (Wildman–Crippen MR) is 79.0 cm³/mol. The Morgan fingerprint density at radius 1 is 1.38 bits per heavy atom. The SMILES string of the molecule is COCCNCC(=O)NCc1cc(Cl)c2c(c1)OCCO2. The molecule has 0 unspecified atom stereocenters. The highest BCUT2D eigenvalue weighted by molar-refractivity contribution is 6.32. The van der Waals surface area contributed by atoms with Crippen molar-refractivity contribution in [2.75, 3.05) is 40.0 Å². The van der Waals surface area contributed by atoms with Gasteiger partial charge < -0.3 is 24.8 Å². The zero-order valence-corrected chi connectivity index (χ0v) is 12.7. The van der Waals surface area contributed by atoms with Gasteiger partial charge in [0.05, 0.1) is 18.2 Å². The van der Waals surface area contributed by atoms with E-state index in [9.17, 15) is 4.79 Å². The fraction of sp³-hybridized carbons (Fsp3) is 0.500. The molecule has 1 aliphatic heterocycles. The molecule has 0 saturated carbocycles. The molecule has 7 heteroatoms. The molecule has 0 saturated heterocycles. The van der Waals surface area contributed by atoms with Gasteiger partial charge in [-0.2, -0.15) is 0 Å². The number of nitrogens with one attached hydrogen (secondary N) is 2. The molecule has 1 heterocycles. The second-order valence-electron chi connectivity index (χ2n) is 4.55. The second kappa shape index (κ2) is 8.07. The van der Waals surface area contributed by atoms with Crippen LogP contribution in [0.2, 0.25) is 5.02 Å². The lowest BCUT2D eigenvalue weighted by atomic mass is 10.2. The first kappa shape index (κ1) is 15.9. The normalized spacial score (nSPS) is 13.0. The van der Waals surface area contributed by atoms with E-state index in [2.05, 4.69) is 10.6 Å². The first-order valence-electron chi connectivity index (χ1n) is 6.75. The monoisotopic (exact) mass is 314 g/mol. The van der Waals surface area contributed by atoms with Gasteiger partial charge in [-0.3, -0.25) is 4.79 Å². The maximum Gasteiger partial charge on any atom is 0.234 e. The van der Waals surface area contributed by atoms with Crippen molar-refractivity contribution >= 4 is 17.5 Å². The number of amides is 1. The van der Waals surface area contributed by atoms with Gasteiger partial charge in [0.15, 0.2) is 11.5 Å². The highest BCUT2D eigenvalue weighted by atomic mass is 35.5. The number of hydrogen-bond donors (Lipinski definition) is 2. The van der Waals surface area contributed by atoms with E-state index in [1.54, 1.807) is 13.2 Å². The molecule has 0 atom stereocenters. The van der Waals surface area contributed by atoms with Gasteiger partial charge in [0.2, 0.25) is 5.91 Å². The number of benzene rings is 1. The lowest BCUT2D eigenvalue weighted by molar-refractivity contribution is -0.120. The summed E-state index contributed by atoms with van der Waals surface area (Å²) in [5.74, 6) is 1.10. The van der Waals surface area contributed by atoms with E-state index in [1.807, 2.05) is 6.07 Å². The van der Waals surface area contributed by atoms with Crippen LogP contribution in [0.15, 0.2) is 12.1 Å². The fourth-order valence-corrected chi connectivity index (χ4v) is 2.19. The Morgan fingerprint density at radius 3 is 3.00 bits per heavy atom. The van der Waals surface area contributed by atoms with E-state index in [-0.39, 0.29) is 12.5 Å². The molecule has 0 aliphatic carbocycles. The fourth-order valence-electron chi connectivity index (χ4n) is 1.91. The van der Waals surface area contributed by atoms with Crippen LogP contribution in [0, 0.1) is 0 Å². The third-order valence-corrected chi connectivity index (χ3v) is 3.20. The predicted octanol–water partition coefficient (Wildman–Crippen LogP) is 0.963. The van der Waals surface area contributed by atoms with Crippen LogP contribution in [-0.2, 0) is 16.1 Å². The van der Waals surface area contributed by atoms with Crippen LogP contribution in [0.1, 0.15) is 5.56 Å². The summed E-state index contributed by atoms with van der Waals surface area (Å²) in [6, 6.07) is 3.60. The van der Waals surface area contributed by atoms with Crippen LogP contribution in [-0.4, -0.2) is 45.9 Å². The molecule has 0 fully saturated rings. The Labute approximate surface area is 128 Å². The summed E-state index contributed by atoms with van der Waals surface area (Å²) in [5.41, 5.74) is 0.870. The van der Waals surface area contributed by atoms with E-state index in [1.165, 1.54) is 0 Å². The van der Waals surface area contributed by atoms with Crippen molar-refractivity contribution in [2.45, 2.75) is 6.54 Å². The van der Waals surface area contributed by atoms with Crippen LogP contribution in [0.3, 0.4) is 0 Å². The third kappa shape index (κ3) is 4.77. The molecule has 0 radical (unpaired) electrons. The molecule has 0 aromatic heterocycles. The number of halogens is 1. The van der Waals surface area contributed by atoms with E-state index in [0.717, 1.165) is 5.56 Å².